The fourth-order valence-electron chi connectivity index (χ4n) is 1.92. The van der Waals surface area contributed by atoms with E-state index in [9.17, 15) is 0 Å². The summed E-state index contributed by atoms with van der Waals surface area (Å²) in [6.45, 7) is 2.85. The van der Waals surface area contributed by atoms with E-state index in [2.05, 4.69) is 11.9 Å². The third kappa shape index (κ3) is 4.07. The van der Waals surface area contributed by atoms with Gasteiger partial charge in [0.05, 0.1) is 6.61 Å². The van der Waals surface area contributed by atoms with Crippen LogP contribution in [0.3, 0.4) is 0 Å². The Balaban J connectivity index is 1.97. The Morgan fingerprint density at radius 1 is 1.11 bits per heavy atom. The van der Waals surface area contributed by atoms with Crippen molar-refractivity contribution < 1.29 is 4.74 Å². The molecule has 1 aromatic carbocycles. The summed E-state index contributed by atoms with van der Waals surface area (Å²) in [6, 6.07) is 12.0. The Morgan fingerprint density at radius 3 is 2.42 bits per heavy atom. The van der Waals surface area contributed by atoms with E-state index in [-0.39, 0.29) is 6.04 Å². The molecule has 0 spiro atoms. The van der Waals surface area contributed by atoms with Gasteiger partial charge in [-0.3, -0.25) is 4.98 Å². The van der Waals surface area contributed by atoms with Crippen molar-refractivity contribution in [1.29, 1.82) is 0 Å². The van der Waals surface area contributed by atoms with Crippen molar-refractivity contribution in [2.75, 3.05) is 6.61 Å². The van der Waals surface area contributed by atoms with E-state index in [0.29, 0.717) is 0 Å². The molecule has 0 fully saturated rings. The second-order valence-corrected chi connectivity index (χ2v) is 4.58. The van der Waals surface area contributed by atoms with Crippen LogP contribution in [0.25, 0.3) is 0 Å². The molecule has 3 heteroatoms. The van der Waals surface area contributed by atoms with E-state index < -0.39 is 0 Å². The monoisotopic (exact) mass is 256 g/mol. The van der Waals surface area contributed by atoms with Gasteiger partial charge in [-0.05, 0) is 48.2 Å². The maximum absolute atomic E-state index is 6.22. The highest BCUT2D eigenvalue weighted by Gasteiger charge is 2.07. The van der Waals surface area contributed by atoms with Crippen LogP contribution in [0.4, 0.5) is 0 Å². The normalized spacial score (nSPS) is 12.1. The molecule has 0 bridgehead atoms. The lowest BCUT2D eigenvalue weighted by Gasteiger charge is -2.13. The highest BCUT2D eigenvalue weighted by atomic mass is 16.5. The second kappa shape index (κ2) is 6.90. The molecule has 1 unspecified atom stereocenters. The lowest BCUT2D eigenvalue weighted by Crippen LogP contribution is -2.13. The zero-order chi connectivity index (χ0) is 13.5. The first kappa shape index (κ1) is 13.6. The SMILES string of the molecule is CCCOc1ccc(C(N)Cc2ccncc2)cc1. The van der Waals surface area contributed by atoms with Crippen LogP contribution in [0.5, 0.6) is 5.75 Å². The van der Waals surface area contributed by atoms with Gasteiger partial charge in [-0.15, -0.1) is 0 Å². The Kier molecular flexibility index (Phi) is 4.93. The number of rotatable bonds is 6. The third-order valence-electron chi connectivity index (χ3n) is 2.99. The maximum atomic E-state index is 6.22. The van der Waals surface area contributed by atoms with Gasteiger partial charge in [0.15, 0.2) is 0 Å². The molecule has 1 aromatic heterocycles. The molecule has 1 atom stereocenters. The predicted octanol–water partition coefficient (Wildman–Crippen LogP) is 3.11. The van der Waals surface area contributed by atoms with Gasteiger partial charge in [-0.1, -0.05) is 19.1 Å². The Hall–Kier alpha value is -1.87. The first-order valence-corrected chi connectivity index (χ1v) is 6.67. The number of pyridine rings is 1. The van der Waals surface area contributed by atoms with Crippen LogP contribution in [0.15, 0.2) is 48.8 Å². The number of hydrogen-bond acceptors (Lipinski definition) is 3. The van der Waals surface area contributed by atoms with Gasteiger partial charge >= 0.3 is 0 Å². The average molecular weight is 256 g/mol. The molecule has 2 rings (SSSR count). The zero-order valence-corrected chi connectivity index (χ0v) is 11.3. The molecule has 0 saturated carbocycles. The third-order valence-corrected chi connectivity index (χ3v) is 2.99. The molecule has 100 valence electrons. The summed E-state index contributed by atoms with van der Waals surface area (Å²) >= 11 is 0. The van der Waals surface area contributed by atoms with Gasteiger partial charge < -0.3 is 10.5 Å². The number of ether oxygens (including phenoxy) is 1. The molecule has 2 aromatic rings. The second-order valence-electron chi connectivity index (χ2n) is 4.58. The number of hydrogen-bond donors (Lipinski definition) is 1. The first-order chi connectivity index (χ1) is 9.29. The fourth-order valence-corrected chi connectivity index (χ4v) is 1.92. The topological polar surface area (TPSA) is 48.1 Å². The minimum absolute atomic E-state index is 0.00243. The molecule has 0 saturated heterocycles. The highest BCUT2D eigenvalue weighted by molar-refractivity contribution is 5.30. The van der Waals surface area contributed by atoms with E-state index in [1.165, 1.54) is 5.56 Å². The average Bonchev–Trinajstić information content (AvgIpc) is 2.46. The van der Waals surface area contributed by atoms with Crippen molar-refractivity contribution in [2.24, 2.45) is 5.73 Å². The number of benzene rings is 1. The maximum Gasteiger partial charge on any atom is 0.119 e. The van der Waals surface area contributed by atoms with Gasteiger partial charge in [0.25, 0.3) is 0 Å². The molecule has 1 heterocycles. The summed E-state index contributed by atoms with van der Waals surface area (Å²) in [7, 11) is 0. The van der Waals surface area contributed by atoms with Crippen molar-refractivity contribution in [2.45, 2.75) is 25.8 Å². The summed E-state index contributed by atoms with van der Waals surface area (Å²) < 4.78 is 5.56. The fraction of sp³-hybridized carbons (Fsp3) is 0.312. The van der Waals surface area contributed by atoms with Crippen molar-refractivity contribution in [3.05, 3.63) is 59.9 Å². The largest absolute Gasteiger partial charge is 0.494 e. The number of nitrogens with zero attached hydrogens (tertiary/aromatic N) is 1. The van der Waals surface area contributed by atoms with E-state index in [1.807, 2.05) is 36.4 Å². The van der Waals surface area contributed by atoms with E-state index in [0.717, 1.165) is 30.8 Å². The molecule has 19 heavy (non-hydrogen) atoms. The highest BCUT2D eigenvalue weighted by Crippen LogP contribution is 2.19. The molecule has 0 aliphatic carbocycles. The summed E-state index contributed by atoms with van der Waals surface area (Å²) in [6.07, 6.45) is 5.43. The molecule has 2 N–H and O–H groups in total. The van der Waals surface area contributed by atoms with Gasteiger partial charge in [0.1, 0.15) is 5.75 Å². The summed E-state index contributed by atoms with van der Waals surface area (Å²) in [5.74, 6) is 0.904. The molecule has 0 aliphatic heterocycles. The van der Waals surface area contributed by atoms with Gasteiger partial charge in [-0.2, -0.15) is 0 Å². The van der Waals surface area contributed by atoms with Crippen LogP contribution < -0.4 is 10.5 Å². The van der Waals surface area contributed by atoms with E-state index in [4.69, 9.17) is 10.5 Å². The molecule has 0 aliphatic rings. The quantitative estimate of drug-likeness (QED) is 0.864. The Morgan fingerprint density at radius 2 is 1.79 bits per heavy atom. The van der Waals surface area contributed by atoms with Gasteiger partial charge in [0, 0.05) is 18.4 Å². The van der Waals surface area contributed by atoms with Crippen molar-refractivity contribution in [3.63, 3.8) is 0 Å². The number of aromatic nitrogens is 1. The molecule has 3 nitrogen and oxygen atoms in total. The van der Waals surface area contributed by atoms with Crippen LogP contribution in [0.1, 0.15) is 30.5 Å². The lowest BCUT2D eigenvalue weighted by molar-refractivity contribution is 0.317. The predicted molar refractivity (Wildman–Crippen MR) is 77.1 cm³/mol. The molecular formula is C16H20N2O. The van der Waals surface area contributed by atoms with Crippen LogP contribution in [0.2, 0.25) is 0 Å². The van der Waals surface area contributed by atoms with E-state index >= 15 is 0 Å². The standard InChI is InChI=1S/C16H20N2O/c1-2-11-19-15-5-3-14(4-6-15)16(17)12-13-7-9-18-10-8-13/h3-10,16H,2,11-12,17H2,1H3. The molecular weight excluding hydrogens is 236 g/mol. The summed E-state index contributed by atoms with van der Waals surface area (Å²) in [5.41, 5.74) is 8.54. The minimum atomic E-state index is 0.00243. The van der Waals surface area contributed by atoms with Crippen LogP contribution in [-0.2, 0) is 6.42 Å². The number of nitrogens with two attached hydrogens (primary N) is 1. The zero-order valence-electron chi connectivity index (χ0n) is 11.3. The molecule has 0 radical (unpaired) electrons. The van der Waals surface area contributed by atoms with Crippen molar-refractivity contribution in [1.82, 2.24) is 4.98 Å². The van der Waals surface area contributed by atoms with Crippen LogP contribution in [0, 0.1) is 0 Å². The smallest absolute Gasteiger partial charge is 0.119 e. The Bertz CT molecular complexity index is 482. The molecule has 0 amide bonds. The summed E-state index contributed by atoms with van der Waals surface area (Å²) in [5, 5.41) is 0. The van der Waals surface area contributed by atoms with E-state index in [1.54, 1.807) is 12.4 Å². The van der Waals surface area contributed by atoms with Crippen molar-refractivity contribution >= 4 is 0 Å². The minimum Gasteiger partial charge on any atom is -0.494 e. The van der Waals surface area contributed by atoms with Crippen LogP contribution in [-0.4, -0.2) is 11.6 Å². The summed E-state index contributed by atoms with van der Waals surface area (Å²) in [4.78, 5) is 4.01. The first-order valence-electron chi connectivity index (χ1n) is 6.67. The van der Waals surface area contributed by atoms with Crippen molar-refractivity contribution in [3.8, 4) is 5.75 Å². The van der Waals surface area contributed by atoms with Gasteiger partial charge in [0.2, 0.25) is 0 Å². The Labute approximate surface area is 114 Å². The van der Waals surface area contributed by atoms with Crippen LogP contribution >= 0.6 is 0 Å². The lowest BCUT2D eigenvalue weighted by atomic mass is 10.0. The van der Waals surface area contributed by atoms with Gasteiger partial charge in [-0.25, -0.2) is 0 Å².